The van der Waals surface area contributed by atoms with Gasteiger partial charge in [-0.15, -0.1) is 0 Å². The van der Waals surface area contributed by atoms with Crippen molar-refractivity contribution in [2.45, 2.75) is 26.7 Å². The predicted octanol–water partition coefficient (Wildman–Crippen LogP) is 2.77. The topological polar surface area (TPSA) is 33.0 Å². The highest BCUT2D eigenvalue weighted by atomic mass is 16.5. The van der Waals surface area contributed by atoms with Crippen molar-refractivity contribution >= 4 is 0 Å². The Hall–Kier alpha value is -1.49. The molecule has 0 saturated carbocycles. The Morgan fingerprint density at radius 2 is 1.93 bits per heavy atom. The monoisotopic (exact) mass is 189 g/mol. The van der Waals surface area contributed by atoms with E-state index in [1.807, 2.05) is 13.0 Å². The summed E-state index contributed by atoms with van der Waals surface area (Å²) in [5.74, 6) is 0.931. The fourth-order valence-electron chi connectivity index (χ4n) is 1.62. The van der Waals surface area contributed by atoms with Gasteiger partial charge in [0.05, 0.1) is 13.2 Å². The molecule has 1 rings (SSSR count). The van der Waals surface area contributed by atoms with Crippen LogP contribution in [0.4, 0.5) is 0 Å². The van der Waals surface area contributed by atoms with Crippen LogP contribution in [0, 0.1) is 25.2 Å². The van der Waals surface area contributed by atoms with E-state index in [1.165, 1.54) is 5.56 Å². The SMILES string of the molecule is COc1c(C)ccc(C)c1CCC#N. The summed E-state index contributed by atoms with van der Waals surface area (Å²) in [6.07, 6.45) is 1.31. The quantitative estimate of drug-likeness (QED) is 0.732. The molecule has 0 spiro atoms. The minimum absolute atomic E-state index is 0.542. The van der Waals surface area contributed by atoms with Crippen LogP contribution in [0.1, 0.15) is 23.1 Å². The van der Waals surface area contributed by atoms with Crippen LogP contribution in [0.2, 0.25) is 0 Å². The summed E-state index contributed by atoms with van der Waals surface area (Å²) in [6.45, 7) is 4.07. The van der Waals surface area contributed by atoms with Crippen molar-refractivity contribution in [2.75, 3.05) is 7.11 Å². The molecule has 0 aromatic heterocycles. The standard InChI is InChI=1S/C12H15NO/c1-9-6-7-10(2)12(14-3)11(9)5-4-8-13/h6-7H,4-5H2,1-3H3. The molecule has 0 heterocycles. The van der Waals surface area contributed by atoms with Crippen molar-refractivity contribution in [3.63, 3.8) is 0 Å². The molecule has 14 heavy (non-hydrogen) atoms. The van der Waals surface area contributed by atoms with Crippen molar-refractivity contribution in [3.8, 4) is 11.8 Å². The maximum atomic E-state index is 8.56. The molecule has 74 valence electrons. The zero-order valence-electron chi connectivity index (χ0n) is 8.92. The number of aryl methyl sites for hydroxylation is 2. The van der Waals surface area contributed by atoms with Crippen LogP contribution in [0.15, 0.2) is 12.1 Å². The van der Waals surface area contributed by atoms with Crippen LogP contribution in [0.3, 0.4) is 0 Å². The van der Waals surface area contributed by atoms with Gasteiger partial charge in [-0.1, -0.05) is 12.1 Å². The lowest BCUT2D eigenvalue weighted by molar-refractivity contribution is 0.406. The molecule has 0 unspecified atom stereocenters. The van der Waals surface area contributed by atoms with Gasteiger partial charge in [-0.3, -0.25) is 0 Å². The first kappa shape index (κ1) is 10.6. The number of rotatable bonds is 3. The molecule has 2 heteroatoms. The van der Waals surface area contributed by atoms with Gasteiger partial charge in [0.25, 0.3) is 0 Å². The maximum Gasteiger partial charge on any atom is 0.125 e. The van der Waals surface area contributed by atoms with Crippen LogP contribution in [0.5, 0.6) is 5.75 Å². The smallest absolute Gasteiger partial charge is 0.125 e. The molecule has 0 amide bonds. The molecule has 2 nitrogen and oxygen atoms in total. The summed E-state index contributed by atoms with van der Waals surface area (Å²) in [5, 5.41) is 8.56. The Bertz CT molecular complexity index is 363. The van der Waals surface area contributed by atoms with Gasteiger partial charge in [-0.05, 0) is 37.0 Å². The van der Waals surface area contributed by atoms with E-state index in [2.05, 4.69) is 19.1 Å². The first-order valence-electron chi connectivity index (χ1n) is 4.70. The minimum atomic E-state index is 0.542. The summed E-state index contributed by atoms with van der Waals surface area (Å²) in [7, 11) is 1.68. The van der Waals surface area contributed by atoms with Gasteiger partial charge in [0, 0.05) is 6.42 Å². The van der Waals surface area contributed by atoms with Gasteiger partial charge < -0.3 is 4.74 Å². The second-order valence-electron chi connectivity index (χ2n) is 3.37. The van der Waals surface area contributed by atoms with E-state index in [0.717, 1.165) is 23.3 Å². The Kier molecular flexibility index (Phi) is 3.53. The van der Waals surface area contributed by atoms with E-state index in [0.29, 0.717) is 6.42 Å². The lowest BCUT2D eigenvalue weighted by atomic mass is 10.00. The van der Waals surface area contributed by atoms with Crippen LogP contribution in [-0.4, -0.2) is 7.11 Å². The average Bonchev–Trinajstić information content (AvgIpc) is 2.19. The Labute approximate surface area is 85.1 Å². The third-order valence-corrected chi connectivity index (χ3v) is 2.38. The molecular weight excluding hydrogens is 174 g/mol. The van der Waals surface area contributed by atoms with Gasteiger partial charge in [0.2, 0.25) is 0 Å². The number of nitrogens with zero attached hydrogens (tertiary/aromatic N) is 1. The summed E-state index contributed by atoms with van der Waals surface area (Å²) >= 11 is 0. The van der Waals surface area contributed by atoms with Crippen molar-refractivity contribution in [1.29, 1.82) is 5.26 Å². The third kappa shape index (κ3) is 2.05. The largest absolute Gasteiger partial charge is 0.496 e. The van der Waals surface area contributed by atoms with E-state index in [-0.39, 0.29) is 0 Å². The number of methoxy groups -OCH3 is 1. The van der Waals surface area contributed by atoms with Crippen LogP contribution < -0.4 is 4.74 Å². The molecule has 1 aromatic carbocycles. The molecular formula is C12H15NO. The highest BCUT2D eigenvalue weighted by Gasteiger charge is 2.08. The Balaban J connectivity index is 3.10. The second kappa shape index (κ2) is 4.66. The fourth-order valence-corrected chi connectivity index (χ4v) is 1.62. The van der Waals surface area contributed by atoms with Crippen molar-refractivity contribution in [3.05, 3.63) is 28.8 Å². The number of hydrogen-bond donors (Lipinski definition) is 0. The number of hydrogen-bond acceptors (Lipinski definition) is 2. The maximum absolute atomic E-state index is 8.56. The van der Waals surface area contributed by atoms with E-state index in [4.69, 9.17) is 10.00 Å². The highest BCUT2D eigenvalue weighted by molar-refractivity contribution is 5.45. The molecule has 0 aliphatic rings. The zero-order chi connectivity index (χ0) is 10.6. The zero-order valence-corrected chi connectivity index (χ0v) is 8.92. The number of benzene rings is 1. The molecule has 0 fully saturated rings. The predicted molar refractivity (Wildman–Crippen MR) is 56.4 cm³/mol. The second-order valence-corrected chi connectivity index (χ2v) is 3.37. The van der Waals surface area contributed by atoms with Crippen LogP contribution in [-0.2, 0) is 6.42 Å². The summed E-state index contributed by atoms with van der Waals surface area (Å²) in [6, 6.07) is 6.28. The first-order chi connectivity index (χ1) is 6.70. The van der Waals surface area contributed by atoms with Crippen molar-refractivity contribution in [2.24, 2.45) is 0 Å². The summed E-state index contributed by atoms with van der Waals surface area (Å²) in [5.41, 5.74) is 3.49. The molecule has 0 radical (unpaired) electrons. The molecule has 0 aliphatic heterocycles. The highest BCUT2D eigenvalue weighted by Crippen LogP contribution is 2.27. The van der Waals surface area contributed by atoms with Crippen molar-refractivity contribution in [1.82, 2.24) is 0 Å². The molecule has 1 aromatic rings. The van der Waals surface area contributed by atoms with E-state index < -0.39 is 0 Å². The summed E-state index contributed by atoms with van der Waals surface area (Å²) < 4.78 is 5.34. The molecule has 0 N–H and O–H groups in total. The molecule has 0 atom stereocenters. The van der Waals surface area contributed by atoms with Gasteiger partial charge >= 0.3 is 0 Å². The van der Waals surface area contributed by atoms with E-state index in [1.54, 1.807) is 7.11 Å². The average molecular weight is 189 g/mol. The minimum Gasteiger partial charge on any atom is -0.496 e. The Morgan fingerprint density at radius 3 is 2.50 bits per heavy atom. The van der Waals surface area contributed by atoms with Gasteiger partial charge in [0.15, 0.2) is 0 Å². The Morgan fingerprint density at radius 1 is 1.29 bits per heavy atom. The van der Waals surface area contributed by atoms with E-state index >= 15 is 0 Å². The fraction of sp³-hybridized carbons (Fsp3) is 0.417. The van der Waals surface area contributed by atoms with E-state index in [9.17, 15) is 0 Å². The summed E-state index contributed by atoms with van der Waals surface area (Å²) in [4.78, 5) is 0. The lowest BCUT2D eigenvalue weighted by Crippen LogP contribution is -1.97. The molecule has 0 aliphatic carbocycles. The number of ether oxygens (including phenoxy) is 1. The van der Waals surface area contributed by atoms with Gasteiger partial charge in [-0.25, -0.2) is 0 Å². The normalized spacial score (nSPS) is 9.57. The molecule has 0 saturated heterocycles. The van der Waals surface area contributed by atoms with Crippen molar-refractivity contribution < 1.29 is 4.74 Å². The molecule has 0 bridgehead atoms. The van der Waals surface area contributed by atoms with Gasteiger partial charge in [0.1, 0.15) is 5.75 Å². The van der Waals surface area contributed by atoms with Gasteiger partial charge in [-0.2, -0.15) is 5.26 Å². The number of nitriles is 1. The van der Waals surface area contributed by atoms with Crippen LogP contribution >= 0.6 is 0 Å². The lowest BCUT2D eigenvalue weighted by Gasteiger charge is -2.12. The third-order valence-electron chi connectivity index (χ3n) is 2.38. The first-order valence-corrected chi connectivity index (χ1v) is 4.70. The van der Waals surface area contributed by atoms with Crippen LogP contribution in [0.25, 0.3) is 0 Å².